The van der Waals surface area contributed by atoms with E-state index in [-0.39, 0.29) is 5.43 Å². The molecule has 132 valence electrons. The van der Waals surface area contributed by atoms with E-state index >= 15 is 0 Å². The Labute approximate surface area is 156 Å². The van der Waals surface area contributed by atoms with E-state index in [9.17, 15) is 4.79 Å². The second-order valence-corrected chi connectivity index (χ2v) is 5.94. The average molecular weight is 355 g/mol. The standard InChI is InChI=1S/C22H17N3O2/c1-27-18-10-11-20-19(15-18)21(26)14-17(9-8-16-6-3-2-4-7-16)25(20)22-23-12-5-13-24-22/h2-15H,1H3/b9-8+. The Morgan fingerprint density at radius 2 is 1.70 bits per heavy atom. The molecule has 0 aliphatic carbocycles. The van der Waals surface area contributed by atoms with E-state index in [1.165, 1.54) is 0 Å². The van der Waals surface area contributed by atoms with Crippen LogP contribution in [0.3, 0.4) is 0 Å². The highest BCUT2D eigenvalue weighted by Crippen LogP contribution is 2.22. The molecule has 0 bridgehead atoms. The molecule has 4 rings (SSSR count). The van der Waals surface area contributed by atoms with Gasteiger partial charge in [-0.1, -0.05) is 36.4 Å². The molecule has 5 heteroatoms. The number of fused-ring (bicyclic) bond motifs is 1. The molecule has 0 unspecified atom stereocenters. The largest absolute Gasteiger partial charge is 0.497 e. The third-order valence-corrected chi connectivity index (χ3v) is 4.25. The molecular weight excluding hydrogens is 338 g/mol. The van der Waals surface area contributed by atoms with Crippen LogP contribution in [0.1, 0.15) is 11.3 Å². The highest BCUT2D eigenvalue weighted by molar-refractivity contribution is 5.84. The number of rotatable bonds is 4. The van der Waals surface area contributed by atoms with Crippen molar-refractivity contribution in [1.29, 1.82) is 0 Å². The number of pyridine rings is 1. The third kappa shape index (κ3) is 3.35. The van der Waals surface area contributed by atoms with Gasteiger partial charge < -0.3 is 4.74 Å². The highest BCUT2D eigenvalue weighted by atomic mass is 16.5. The number of hydrogen-bond donors (Lipinski definition) is 0. The zero-order valence-electron chi connectivity index (χ0n) is 14.7. The number of aromatic nitrogens is 3. The Morgan fingerprint density at radius 3 is 2.44 bits per heavy atom. The molecule has 2 aromatic heterocycles. The van der Waals surface area contributed by atoms with Gasteiger partial charge in [-0.15, -0.1) is 0 Å². The molecule has 4 aromatic rings. The van der Waals surface area contributed by atoms with Crippen molar-refractivity contribution >= 4 is 23.1 Å². The second-order valence-electron chi connectivity index (χ2n) is 5.94. The van der Waals surface area contributed by atoms with Crippen LogP contribution < -0.4 is 10.2 Å². The van der Waals surface area contributed by atoms with Crippen molar-refractivity contribution in [3.8, 4) is 11.7 Å². The molecule has 2 heterocycles. The summed E-state index contributed by atoms with van der Waals surface area (Å²) < 4.78 is 7.14. The van der Waals surface area contributed by atoms with Crippen LogP contribution in [0.5, 0.6) is 5.75 Å². The number of hydrogen-bond acceptors (Lipinski definition) is 4. The zero-order chi connectivity index (χ0) is 18.6. The summed E-state index contributed by atoms with van der Waals surface area (Å²) in [5.74, 6) is 1.13. The van der Waals surface area contributed by atoms with E-state index in [1.807, 2.05) is 59.2 Å². The summed E-state index contributed by atoms with van der Waals surface area (Å²) in [6.45, 7) is 0. The Morgan fingerprint density at radius 1 is 0.926 bits per heavy atom. The maximum atomic E-state index is 12.7. The van der Waals surface area contributed by atoms with Gasteiger partial charge in [0.2, 0.25) is 5.95 Å². The lowest BCUT2D eigenvalue weighted by atomic mass is 10.1. The molecule has 0 radical (unpaired) electrons. The van der Waals surface area contributed by atoms with Crippen LogP contribution in [-0.2, 0) is 0 Å². The monoisotopic (exact) mass is 355 g/mol. The zero-order valence-corrected chi connectivity index (χ0v) is 14.7. The molecule has 0 amide bonds. The van der Waals surface area contributed by atoms with E-state index in [2.05, 4.69) is 9.97 Å². The third-order valence-electron chi connectivity index (χ3n) is 4.25. The molecule has 2 aromatic carbocycles. The Bertz CT molecular complexity index is 1170. The van der Waals surface area contributed by atoms with Crippen molar-refractivity contribution in [2.75, 3.05) is 7.11 Å². The first-order valence-electron chi connectivity index (χ1n) is 8.50. The van der Waals surface area contributed by atoms with Crippen LogP contribution >= 0.6 is 0 Å². The molecule has 0 aliphatic rings. The van der Waals surface area contributed by atoms with Gasteiger partial charge in [0.25, 0.3) is 0 Å². The van der Waals surface area contributed by atoms with Crippen molar-refractivity contribution in [3.05, 3.63) is 94.5 Å². The molecule has 0 saturated carbocycles. The van der Waals surface area contributed by atoms with Gasteiger partial charge in [-0.3, -0.25) is 9.36 Å². The SMILES string of the molecule is COc1ccc2c(c1)c(=O)cc(/C=C/c1ccccc1)n2-c1ncccn1. The van der Waals surface area contributed by atoms with Crippen molar-refractivity contribution < 1.29 is 4.74 Å². The van der Waals surface area contributed by atoms with Crippen LogP contribution in [0.15, 0.2) is 77.9 Å². The minimum atomic E-state index is -0.0798. The lowest BCUT2D eigenvalue weighted by Gasteiger charge is -2.13. The van der Waals surface area contributed by atoms with E-state index in [1.54, 1.807) is 37.7 Å². The van der Waals surface area contributed by atoms with Crippen LogP contribution in [-0.4, -0.2) is 21.6 Å². The summed E-state index contributed by atoms with van der Waals surface area (Å²) in [4.78, 5) is 21.5. The van der Waals surface area contributed by atoms with Crippen molar-refractivity contribution in [1.82, 2.24) is 14.5 Å². The predicted molar refractivity (Wildman–Crippen MR) is 107 cm³/mol. The number of ether oxygens (including phenoxy) is 1. The fraction of sp³-hybridized carbons (Fsp3) is 0.0455. The molecule has 0 atom stereocenters. The highest BCUT2D eigenvalue weighted by Gasteiger charge is 2.12. The van der Waals surface area contributed by atoms with Gasteiger partial charge in [-0.25, -0.2) is 9.97 Å². The maximum absolute atomic E-state index is 12.7. The molecule has 0 spiro atoms. The molecule has 0 aliphatic heterocycles. The second kappa shape index (κ2) is 7.25. The predicted octanol–water partition coefficient (Wildman–Crippen LogP) is 3.96. The fourth-order valence-corrected chi connectivity index (χ4v) is 2.95. The van der Waals surface area contributed by atoms with Crippen LogP contribution in [0.4, 0.5) is 0 Å². The normalized spacial score (nSPS) is 11.1. The molecule has 0 fully saturated rings. The molecule has 5 nitrogen and oxygen atoms in total. The summed E-state index contributed by atoms with van der Waals surface area (Å²) in [5, 5.41) is 0.554. The Balaban J connectivity index is 1.97. The Hall–Kier alpha value is -3.73. The number of benzene rings is 2. The van der Waals surface area contributed by atoms with Gasteiger partial charge in [-0.2, -0.15) is 0 Å². The van der Waals surface area contributed by atoms with E-state index in [0.717, 1.165) is 11.1 Å². The van der Waals surface area contributed by atoms with Crippen molar-refractivity contribution in [2.24, 2.45) is 0 Å². The smallest absolute Gasteiger partial charge is 0.234 e. The van der Waals surface area contributed by atoms with Gasteiger partial charge in [0.15, 0.2) is 5.43 Å². The van der Waals surface area contributed by atoms with Gasteiger partial charge in [0, 0.05) is 23.8 Å². The fourth-order valence-electron chi connectivity index (χ4n) is 2.95. The number of methoxy groups -OCH3 is 1. The van der Waals surface area contributed by atoms with Gasteiger partial charge in [-0.05, 0) is 35.9 Å². The first kappa shape index (κ1) is 16.7. The van der Waals surface area contributed by atoms with E-state index < -0.39 is 0 Å². The molecule has 0 N–H and O–H groups in total. The van der Waals surface area contributed by atoms with Crippen LogP contribution in [0, 0.1) is 0 Å². The van der Waals surface area contributed by atoms with Crippen LogP contribution in [0.2, 0.25) is 0 Å². The van der Waals surface area contributed by atoms with Crippen molar-refractivity contribution in [2.45, 2.75) is 0 Å². The Kier molecular flexibility index (Phi) is 4.49. The average Bonchev–Trinajstić information content (AvgIpc) is 2.73. The molecule has 0 saturated heterocycles. The first-order valence-corrected chi connectivity index (χ1v) is 8.50. The van der Waals surface area contributed by atoms with Gasteiger partial charge in [0.05, 0.1) is 18.3 Å². The molecule has 27 heavy (non-hydrogen) atoms. The summed E-state index contributed by atoms with van der Waals surface area (Å²) in [6.07, 6.45) is 7.22. The minimum Gasteiger partial charge on any atom is -0.497 e. The maximum Gasteiger partial charge on any atom is 0.234 e. The minimum absolute atomic E-state index is 0.0798. The first-order chi connectivity index (χ1) is 13.3. The quantitative estimate of drug-likeness (QED) is 0.556. The summed E-state index contributed by atoms with van der Waals surface area (Å²) in [7, 11) is 1.58. The van der Waals surface area contributed by atoms with Crippen molar-refractivity contribution in [3.63, 3.8) is 0 Å². The van der Waals surface area contributed by atoms with Gasteiger partial charge >= 0.3 is 0 Å². The summed E-state index contributed by atoms with van der Waals surface area (Å²) in [5.41, 5.74) is 2.39. The van der Waals surface area contributed by atoms with Gasteiger partial charge in [0.1, 0.15) is 5.75 Å². The molecular formula is C22H17N3O2. The van der Waals surface area contributed by atoms with Crippen LogP contribution in [0.25, 0.3) is 29.0 Å². The summed E-state index contributed by atoms with van der Waals surface area (Å²) >= 11 is 0. The lowest BCUT2D eigenvalue weighted by Crippen LogP contribution is -2.13. The topological polar surface area (TPSA) is 57.0 Å². The lowest BCUT2D eigenvalue weighted by molar-refractivity contribution is 0.415. The number of nitrogens with zero attached hydrogens (tertiary/aromatic N) is 3. The summed E-state index contributed by atoms with van der Waals surface area (Å²) in [6, 6.07) is 18.7. The van der Waals surface area contributed by atoms with E-state index in [4.69, 9.17) is 4.74 Å². The van der Waals surface area contributed by atoms with E-state index in [0.29, 0.717) is 22.8 Å².